The molecule has 1 fully saturated rings. The Morgan fingerprint density at radius 2 is 2.28 bits per heavy atom. The first-order valence-corrected chi connectivity index (χ1v) is 7.98. The molecule has 1 saturated heterocycles. The quantitative estimate of drug-likeness (QED) is 0.696. The molecule has 1 N–H and O–H groups in total. The van der Waals surface area contributed by atoms with Crippen molar-refractivity contribution in [1.82, 2.24) is 9.62 Å². The molecule has 0 aliphatic carbocycles. The second-order valence-electron chi connectivity index (χ2n) is 4.63. The summed E-state index contributed by atoms with van der Waals surface area (Å²) in [6.07, 6.45) is 3.62. The molecule has 1 rings (SSSR count). The van der Waals surface area contributed by atoms with E-state index >= 15 is 0 Å². The lowest BCUT2D eigenvalue weighted by atomic mass is 10.1. The van der Waals surface area contributed by atoms with E-state index in [4.69, 9.17) is 0 Å². The summed E-state index contributed by atoms with van der Waals surface area (Å²) in [5, 5.41) is 2.71. The molecule has 1 atom stereocenters. The van der Waals surface area contributed by atoms with Crippen LogP contribution in [-0.4, -0.2) is 44.0 Å². The minimum absolute atomic E-state index is 0.206. The van der Waals surface area contributed by atoms with E-state index in [2.05, 4.69) is 11.9 Å². The van der Waals surface area contributed by atoms with Crippen molar-refractivity contribution in [2.24, 2.45) is 5.92 Å². The van der Waals surface area contributed by atoms with Crippen molar-refractivity contribution in [2.45, 2.75) is 26.2 Å². The fourth-order valence-electron chi connectivity index (χ4n) is 1.99. The Kier molecular flexibility index (Phi) is 5.81. The predicted molar refractivity (Wildman–Crippen MR) is 71.6 cm³/mol. The molecule has 1 amide bonds. The molecule has 0 bridgehead atoms. The van der Waals surface area contributed by atoms with Gasteiger partial charge in [0, 0.05) is 19.6 Å². The highest BCUT2D eigenvalue weighted by atomic mass is 32.2. The topological polar surface area (TPSA) is 66.5 Å². The number of rotatable bonds is 7. The Morgan fingerprint density at radius 3 is 2.89 bits per heavy atom. The molecule has 0 saturated carbocycles. The van der Waals surface area contributed by atoms with Gasteiger partial charge in [-0.1, -0.05) is 19.9 Å². The summed E-state index contributed by atoms with van der Waals surface area (Å²) in [5.41, 5.74) is 0. The summed E-state index contributed by atoms with van der Waals surface area (Å²) < 4.78 is 25.5. The molecular formula is C12H22N2O3S. The summed E-state index contributed by atoms with van der Waals surface area (Å²) in [6.45, 7) is 6.96. The van der Waals surface area contributed by atoms with Crippen LogP contribution in [0, 0.1) is 5.92 Å². The van der Waals surface area contributed by atoms with Crippen molar-refractivity contribution in [2.75, 3.05) is 25.4 Å². The van der Waals surface area contributed by atoms with E-state index in [1.165, 1.54) is 6.08 Å². The smallest absolute Gasteiger partial charge is 0.243 e. The summed E-state index contributed by atoms with van der Waals surface area (Å²) in [6, 6.07) is 0. The van der Waals surface area contributed by atoms with Gasteiger partial charge in [0.2, 0.25) is 15.9 Å². The van der Waals surface area contributed by atoms with Crippen LogP contribution in [0.3, 0.4) is 0 Å². The molecule has 0 unspecified atom stereocenters. The SMILES string of the molecule is C=CC(=O)NC[C@@H]1CCN(S(=O)(=O)CCCC)C1. The number of amides is 1. The zero-order chi connectivity index (χ0) is 13.6. The van der Waals surface area contributed by atoms with Crippen molar-refractivity contribution in [3.8, 4) is 0 Å². The average molecular weight is 274 g/mol. The van der Waals surface area contributed by atoms with E-state index in [0.717, 1.165) is 12.8 Å². The highest BCUT2D eigenvalue weighted by Gasteiger charge is 2.30. The molecule has 6 heteroatoms. The maximum atomic E-state index is 12.0. The van der Waals surface area contributed by atoms with Crippen LogP contribution >= 0.6 is 0 Å². The molecule has 1 aliphatic heterocycles. The number of sulfonamides is 1. The molecule has 0 aromatic rings. The van der Waals surface area contributed by atoms with Crippen molar-refractivity contribution in [3.05, 3.63) is 12.7 Å². The molecular weight excluding hydrogens is 252 g/mol. The summed E-state index contributed by atoms with van der Waals surface area (Å²) >= 11 is 0. The number of carbonyl (C=O) groups excluding carboxylic acids is 1. The Bertz CT molecular complexity index is 392. The maximum Gasteiger partial charge on any atom is 0.243 e. The van der Waals surface area contributed by atoms with E-state index in [-0.39, 0.29) is 17.6 Å². The van der Waals surface area contributed by atoms with Gasteiger partial charge in [0.25, 0.3) is 0 Å². The molecule has 5 nitrogen and oxygen atoms in total. The first kappa shape index (κ1) is 15.2. The van der Waals surface area contributed by atoms with Gasteiger partial charge in [-0.3, -0.25) is 4.79 Å². The predicted octanol–water partition coefficient (Wildman–Crippen LogP) is 0.740. The van der Waals surface area contributed by atoms with Crippen LogP contribution in [0.15, 0.2) is 12.7 Å². The minimum atomic E-state index is -3.10. The fraction of sp³-hybridized carbons (Fsp3) is 0.750. The molecule has 0 aromatic heterocycles. The number of nitrogens with zero attached hydrogens (tertiary/aromatic N) is 1. The van der Waals surface area contributed by atoms with Gasteiger partial charge in [-0.05, 0) is 24.8 Å². The maximum absolute atomic E-state index is 12.0. The normalized spacial score (nSPS) is 20.8. The molecule has 18 heavy (non-hydrogen) atoms. The fourth-order valence-corrected chi connectivity index (χ4v) is 3.72. The Labute approximate surface area is 109 Å². The summed E-state index contributed by atoms with van der Waals surface area (Å²) in [5.74, 6) is 0.238. The van der Waals surface area contributed by atoms with E-state index in [1.807, 2.05) is 6.92 Å². The van der Waals surface area contributed by atoms with Gasteiger partial charge in [-0.25, -0.2) is 12.7 Å². The average Bonchev–Trinajstić information content (AvgIpc) is 2.83. The third-order valence-electron chi connectivity index (χ3n) is 3.15. The van der Waals surface area contributed by atoms with Crippen molar-refractivity contribution in [1.29, 1.82) is 0 Å². The van der Waals surface area contributed by atoms with Crippen LogP contribution in [-0.2, 0) is 14.8 Å². The largest absolute Gasteiger partial charge is 0.352 e. The standard InChI is InChI=1S/C12H22N2O3S/c1-3-5-8-18(16,17)14-7-6-11(10-14)9-13-12(15)4-2/h4,11H,2-3,5-10H2,1H3,(H,13,15)/t11-/m0/s1. The van der Waals surface area contributed by atoms with E-state index in [9.17, 15) is 13.2 Å². The zero-order valence-corrected chi connectivity index (χ0v) is 11.7. The van der Waals surface area contributed by atoms with E-state index in [1.54, 1.807) is 4.31 Å². The van der Waals surface area contributed by atoms with Crippen LogP contribution in [0.1, 0.15) is 26.2 Å². The number of nitrogens with one attached hydrogen (secondary N) is 1. The van der Waals surface area contributed by atoms with Gasteiger partial charge >= 0.3 is 0 Å². The molecule has 104 valence electrons. The van der Waals surface area contributed by atoms with Gasteiger partial charge in [-0.15, -0.1) is 0 Å². The van der Waals surface area contributed by atoms with Crippen LogP contribution in [0.4, 0.5) is 0 Å². The first-order chi connectivity index (χ1) is 8.49. The summed E-state index contributed by atoms with van der Waals surface area (Å²) in [7, 11) is -3.10. The highest BCUT2D eigenvalue weighted by Crippen LogP contribution is 2.19. The van der Waals surface area contributed by atoms with E-state index in [0.29, 0.717) is 26.1 Å². The van der Waals surface area contributed by atoms with Gasteiger partial charge in [0.05, 0.1) is 5.75 Å². The zero-order valence-electron chi connectivity index (χ0n) is 10.9. The molecule has 0 spiro atoms. The minimum Gasteiger partial charge on any atom is -0.352 e. The lowest BCUT2D eigenvalue weighted by Crippen LogP contribution is -2.33. The van der Waals surface area contributed by atoms with Gasteiger partial charge in [0.15, 0.2) is 0 Å². The lowest BCUT2D eigenvalue weighted by Gasteiger charge is -2.16. The second-order valence-corrected chi connectivity index (χ2v) is 6.72. The van der Waals surface area contributed by atoms with Crippen molar-refractivity contribution >= 4 is 15.9 Å². The highest BCUT2D eigenvalue weighted by molar-refractivity contribution is 7.89. The van der Waals surface area contributed by atoms with Crippen molar-refractivity contribution < 1.29 is 13.2 Å². The number of hydrogen-bond acceptors (Lipinski definition) is 3. The van der Waals surface area contributed by atoms with Crippen LogP contribution < -0.4 is 5.32 Å². The number of carbonyl (C=O) groups is 1. The first-order valence-electron chi connectivity index (χ1n) is 6.37. The number of unbranched alkanes of at least 4 members (excludes halogenated alkanes) is 1. The number of hydrogen-bond donors (Lipinski definition) is 1. The Morgan fingerprint density at radius 1 is 1.56 bits per heavy atom. The van der Waals surface area contributed by atoms with Gasteiger partial charge in [0.1, 0.15) is 0 Å². The van der Waals surface area contributed by atoms with Crippen LogP contribution in [0.25, 0.3) is 0 Å². The third-order valence-corrected chi connectivity index (χ3v) is 5.07. The van der Waals surface area contributed by atoms with E-state index < -0.39 is 10.0 Å². The molecule has 0 aromatic carbocycles. The molecule has 1 aliphatic rings. The second kappa shape index (κ2) is 6.89. The molecule has 0 radical (unpaired) electrons. The van der Waals surface area contributed by atoms with Crippen LogP contribution in [0.2, 0.25) is 0 Å². The van der Waals surface area contributed by atoms with Gasteiger partial charge in [-0.2, -0.15) is 0 Å². The Balaban J connectivity index is 2.41. The monoisotopic (exact) mass is 274 g/mol. The summed E-state index contributed by atoms with van der Waals surface area (Å²) in [4.78, 5) is 11.0. The molecule has 1 heterocycles. The lowest BCUT2D eigenvalue weighted by molar-refractivity contribution is -0.116. The van der Waals surface area contributed by atoms with Crippen LogP contribution in [0.5, 0.6) is 0 Å². The van der Waals surface area contributed by atoms with Gasteiger partial charge < -0.3 is 5.32 Å². The third kappa shape index (κ3) is 4.42. The van der Waals surface area contributed by atoms with Crippen molar-refractivity contribution in [3.63, 3.8) is 0 Å². The Hall–Kier alpha value is -0.880.